The number of ether oxygens (including phenoxy) is 2. The van der Waals surface area contributed by atoms with E-state index < -0.39 is 29.3 Å². The topological polar surface area (TPSA) is 91.4 Å². The fraction of sp³-hybridized carbons (Fsp3) is 0.250. The van der Waals surface area contributed by atoms with Crippen molar-refractivity contribution < 1.29 is 27.6 Å². The maximum atomic E-state index is 12.7. The number of nitrogens with zero attached hydrogens (tertiary/aromatic N) is 3. The molecule has 0 amide bonds. The average Bonchev–Trinajstić information content (AvgIpc) is 3.04. The summed E-state index contributed by atoms with van der Waals surface area (Å²) in [6, 6.07) is 11.1. The van der Waals surface area contributed by atoms with Crippen molar-refractivity contribution in [2.75, 3.05) is 19.0 Å². The smallest absolute Gasteiger partial charge is 0.422 e. The Bertz CT molecular complexity index is 1080. The van der Waals surface area contributed by atoms with Gasteiger partial charge in [0, 0.05) is 23.1 Å². The lowest BCUT2D eigenvalue weighted by Crippen LogP contribution is -2.20. The molecule has 0 spiro atoms. The van der Waals surface area contributed by atoms with Crippen molar-refractivity contribution >= 4 is 17.2 Å². The quantitative estimate of drug-likeness (QED) is 0.410. The van der Waals surface area contributed by atoms with E-state index >= 15 is 0 Å². The van der Waals surface area contributed by atoms with Crippen molar-refractivity contribution in [3.63, 3.8) is 0 Å². The second kappa shape index (κ2) is 8.54. The molecule has 0 radical (unpaired) electrons. The summed E-state index contributed by atoms with van der Waals surface area (Å²) in [7, 11) is 1.49. The maximum absolute atomic E-state index is 12.7. The Hall–Kier alpha value is -3.76. The minimum Gasteiger partial charge on any atom is -0.497 e. The van der Waals surface area contributed by atoms with E-state index in [1.54, 1.807) is 54.8 Å². The van der Waals surface area contributed by atoms with Gasteiger partial charge in [0.2, 0.25) is 11.7 Å². The SMILES string of the molecule is COc1ccc(Nc2nc(OCC(F)(F)F)cc(-n3c(C)ccc3C)c2[N+](=O)[O-])cc1. The largest absolute Gasteiger partial charge is 0.497 e. The van der Waals surface area contributed by atoms with Crippen LogP contribution in [-0.4, -0.2) is 34.4 Å². The van der Waals surface area contributed by atoms with Gasteiger partial charge in [-0.25, -0.2) is 0 Å². The molecule has 0 saturated heterocycles. The molecule has 8 nitrogen and oxygen atoms in total. The second-order valence-corrected chi connectivity index (χ2v) is 6.64. The zero-order valence-electron chi connectivity index (χ0n) is 16.9. The van der Waals surface area contributed by atoms with Gasteiger partial charge in [-0.05, 0) is 50.2 Å². The summed E-state index contributed by atoms with van der Waals surface area (Å²) < 4.78 is 49.5. The summed E-state index contributed by atoms with van der Waals surface area (Å²) >= 11 is 0. The summed E-state index contributed by atoms with van der Waals surface area (Å²) in [5.74, 6) is -0.0895. The van der Waals surface area contributed by atoms with Crippen LogP contribution in [-0.2, 0) is 0 Å². The van der Waals surface area contributed by atoms with E-state index in [1.165, 1.54) is 7.11 Å². The Morgan fingerprint density at radius 3 is 2.26 bits per heavy atom. The predicted molar refractivity (Wildman–Crippen MR) is 108 cm³/mol. The Morgan fingerprint density at radius 2 is 1.74 bits per heavy atom. The van der Waals surface area contributed by atoms with Crippen molar-refractivity contribution in [1.29, 1.82) is 0 Å². The lowest BCUT2D eigenvalue weighted by atomic mass is 10.2. The first-order chi connectivity index (χ1) is 14.6. The van der Waals surface area contributed by atoms with Crippen LogP contribution < -0.4 is 14.8 Å². The number of rotatable bonds is 7. The van der Waals surface area contributed by atoms with Crippen LogP contribution in [0.2, 0.25) is 0 Å². The molecule has 0 aliphatic carbocycles. The number of aryl methyl sites for hydroxylation is 2. The number of nitrogens with one attached hydrogen (secondary N) is 1. The molecule has 2 aromatic heterocycles. The monoisotopic (exact) mass is 436 g/mol. The fourth-order valence-corrected chi connectivity index (χ4v) is 3.03. The van der Waals surface area contributed by atoms with Crippen molar-refractivity contribution in [3.8, 4) is 17.3 Å². The van der Waals surface area contributed by atoms with E-state index in [0.717, 1.165) is 6.07 Å². The molecular weight excluding hydrogens is 417 g/mol. The molecule has 0 atom stereocenters. The van der Waals surface area contributed by atoms with Crippen LogP contribution in [0.4, 0.5) is 30.4 Å². The highest BCUT2D eigenvalue weighted by Gasteiger charge is 2.31. The van der Waals surface area contributed by atoms with E-state index in [0.29, 0.717) is 22.8 Å². The molecule has 0 saturated carbocycles. The lowest BCUT2D eigenvalue weighted by Gasteiger charge is -2.16. The Labute approximate surface area is 175 Å². The van der Waals surface area contributed by atoms with E-state index in [1.807, 2.05) is 0 Å². The average molecular weight is 436 g/mol. The number of benzene rings is 1. The van der Waals surface area contributed by atoms with Gasteiger partial charge in [0.1, 0.15) is 11.4 Å². The van der Waals surface area contributed by atoms with Crippen LogP contribution in [0.1, 0.15) is 11.4 Å². The van der Waals surface area contributed by atoms with Gasteiger partial charge in [-0.15, -0.1) is 0 Å². The Balaban J connectivity index is 2.15. The van der Waals surface area contributed by atoms with Gasteiger partial charge in [0.15, 0.2) is 6.61 Å². The third kappa shape index (κ3) is 5.05. The highest BCUT2D eigenvalue weighted by Crippen LogP contribution is 2.37. The normalized spacial score (nSPS) is 11.3. The van der Waals surface area contributed by atoms with Crippen LogP contribution in [0.15, 0.2) is 42.5 Å². The molecule has 0 bridgehead atoms. The van der Waals surface area contributed by atoms with Gasteiger partial charge in [-0.1, -0.05) is 0 Å². The third-order valence-electron chi connectivity index (χ3n) is 4.38. The zero-order chi connectivity index (χ0) is 22.8. The third-order valence-corrected chi connectivity index (χ3v) is 4.38. The molecule has 1 aromatic carbocycles. The van der Waals surface area contributed by atoms with Crippen LogP contribution in [0, 0.1) is 24.0 Å². The van der Waals surface area contributed by atoms with E-state index in [2.05, 4.69) is 10.3 Å². The molecule has 0 aliphatic rings. The number of alkyl halides is 3. The van der Waals surface area contributed by atoms with Crippen LogP contribution in [0.5, 0.6) is 11.6 Å². The number of nitro groups is 1. The lowest BCUT2D eigenvalue weighted by molar-refractivity contribution is -0.383. The van der Waals surface area contributed by atoms with Gasteiger partial charge in [-0.3, -0.25) is 10.1 Å². The molecule has 0 aliphatic heterocycles. The van der Waals surface area contributed by atoms with Gasteiger partial charge in [0.05, 0.1) is 12.0 Å². The molecular formula is C20H19F3N4O4. The van der Waals surface area contributed by atoms with Crippen molar-refractivity contribution in [1.82, 2.24) is 9.55 Å². The van der Waals surface area contributed by atoms with Crippen LogP contribution in [0.25, 0.3) is 5.69 Å². The molecule has 0 fully saturated rings. The van der Waals surface area contributed by atoms with E-state index in [9.17, 15) is 23.3 Å². The van der Waals surface area contributed by atoms with Gasteiger partial charge in [-0.2, -0.15) is 18.2 Å². The molecule has 1 N–H and O–H groups in total. The number of halogens is 3. The summed E-state index contributed by atoms with van der Waals surface area (Å²) in [5, 5.41) is 14.8. The van der Waals surface area contributed by atoms with E-state index in [-0.39, 0.29) is 11.5 Å². The minimum absolute atomic E-state index is 0.0354. The highest BCUT2D eigenvalue weighted by atomic mass is 19.4. The number of hydrogen-bond donors (Lipinski definition) is 1. The van der Waals surface area contributed by atoms with Crippen LogP contribution >= 0.6 is 0 Å². The summed E-state index contributed by atoms with van der Waals surface area (Å²) in [5.41, 5.74) is 1.37. The first kappa shape index (κ1) is 21.9. The van der Waals surface area contributed by atoms with Crippen molar-refractivity contribution in [3.05, 3.63) is 64.0 Å². The van der Waals surface area contributed by atoms with Gasteiger partial charge in [0.25, 0.3) is 0 Å². The number of aromatic nitrogens is 2. The van der Waals surface area contributed by atoms with Gasteiger partial charge >= 0.3 is 11.9 Å². The Kier molecular flexibility index (Phi) is 6.04. The second-order valence-electron chi connectivity index (χ2n) is 6.64. The molecule has 164 valence electrons. The number of anilines is 2. The number of methoxy groups -OCH3 is 1. The zero-order valence-corrected chi connectivity index (χ0v) is 16.9. The molecule has 31 heavy (non-hydrogen) atoms. The summed E-state index contributed by atoms with van der Waals surface area (Å²) in [6.45, 7) is 1.87. The number of hydrogen-bond acceptors (Lipinski definition) is 6. The molecule has 3 rings (SSSR count). The predicted octanol–water partition coefficient (Wildman–Crippen LogP) is 5.09. The first-order valence-corrected chi connectivity index (χ1v) is 9.04. The molecule has 3 aromatic rings. The maximum Gasteiger partial charge on any atom is 0.422 e. The Morgan fingerprint density at radius 1 is 1.13 bits per heavy atom. The minimum atomic E-state index is -4.59. The summed E-state index contributed by atoms with van der Waals surface area (Å²) in [4.78, 5) is 15.3. The van der Waals surface area contributed by atoms with Crippen molar-refractivity contribution in [2.24, 2.45) is 0 Å². The molecule has 11 heteroatoms. The highest BCUT2D eigenvalue weighted by molar-refractivity contribution is 5.74. The molecule has 0 unspecified atom stereocenters. The van der Waals surface area contributed by atoms with Gasteiger partial charge < -0.3 is 19.4 Å². The van der Waals surface area contributed by atoms with Crippen LogP contribution in [0.3, 0.4) is 0 Å². The fourth-order valence-electron chi connectivity index (χ4n) is 3.03. The number of pyridine rings is 1. The summed E-state index contributed by atoms with van der Waals surface area (Å²) in [6.07, 6.45) is -4.59. The molecule has 2 heterocycles. The standard InChI is InChI=1S/C20H19F3N4O4/c1-12-4-5-13(2)26(12)16-10-17(31-11-20(21,22)23)25-19(18(16)27(28)29)24-14-6-8-15(30-3)9-7-14/h4-10H,11H2,1-3H3,(H,24,25). The van der Waals surface area contributed by atoms with Crippen molar-refractivity contribution in [2.45, 2.75) is 20.0 Å². The first-order valence-electron chi connectivity index (χ1n) is 9.04. The van der Waals surface area contributed by atoms with E-state index in [4.69, 9.17) is 9.47 Å².